The van der Waals surface area contributed by atoms with E-state index in [-0.39, 0.29) is 6.09 Å². The van der Waals surface area contributed by atoms with Crippen LogP contribution in [0.1, 0.15) is 30.0 Å². The number of fused-ring (bicyclic) bond motifs is 1. The standard InChI is InChI=1S/C16H20N2O2/c1-11-3-4-14-13(9-11)10-15(17-14)12-5-7-18(8-6-12)16(19)20-2/h3-4,9-10,12,17H,5-8H2,1-2H3. The fourth-order valence-electron chi connectivity index (χ4n) is 3.00. The van der Waals surface area contributed by atoms with Gasteiger partial charge in [-0.2, -0.15) is 0 Å². The SMILES string of the molecule is COC(=O)N1CCC(c2cc3cc(C)ccc3[nH]2)CC1. The Morgan fingerprint density at radius 1 is 1.30 bits per heavy atom. The zero-order valence-electron chi connectivity index (χ0n) is 12.0. The van der Waals surface area contributed by atoms with Gasteiger partial charge in [-0.3, -0.25) is 0 Å². The van der Waals surface area contributed by atoms with Crippen molar-refractivity contribution in [3.8, 4) is 0 Å². The highest BCUT2D eigenvalue weighted by Crippen LogP contribution is 2.30. The molecule has 0 spiro atoms. The van der Waals surface area contributed by atoms with Crippen molar-refractivity contribution in [2.45, 2.75) is 25.7 Å². The van der Waals surface area contributed by atoms with Crippen LogP contribution < -0.4 is 0 Å². The molecule has 0 radical (unpaired) electrons. The number of H-pyrrole nitrogens is 1. The van der Waals surface area contributed by atoms with E-state index < -0.39 is 0 Å². The van der Waals surface area contributed by atoms with Gasteiger partial charge in [0.15, 0.2) is 0 Å². The fourth-order valence-corrected chi connectivity index (χ4v) is 3.00. The summed E-state index contributed by atoms with van der Waals surface area (Å²) in [5, 5.41) is 1.27. The Bertz CT molecular complexity index is 624. The maximum Gasteiger partial charge on any atom is 0.409 e. The minimum atomic E-state index is -0.212. The van der Waals surface area contributed by atoms with Crippen LogP contribution in [0.3, 0.4) is 0 Å². The Hall–Kier alpha value is -1.97. The second-order valence-corrected chi connectivity index (χ2v) is 5.55. The van der Waals surface area contributed by atoms with Crippen LogP contribution in [-0.4, -0.2) is 36.2 Å². The van der Waals surface area contributed by atoms with Gasteiger partial charge >= 0.3 is 6.09 Å². The minimum Gasteiger partial charge on any atom is -0.453 e. The highest BCUT2D eigenvalue weighted by molar-refractivity contribution is 5.81. The van der Waals surface area contributed by atoms with E-state index in [2.05, 4.69) is 36.2 Å². The number of carbonyl (C=O) groups is 1. The van der Waals surface area contributed by atoms with E-state index in [1.165, 1.54) is 29.3 Å². The maximum absolute atomic E-state index is 11.5. The first-order valence-corrected chi connectivity index (χ1v) is 7.09. The van der Waals surface area contributed by atoms with Crippen LogP contribution in [0.25, 0.3) is 10.9 Å². The highest BCUT2D eigenvalue weighted by Gasteiger charge is 2.25. The van der Waals surface area contributed by atoms with E-state index in [4.69, 9.17) is 4.74 Å². The average molecular weight is 272 g/mol. The van der Waals surface area contributed by atoms with Crippen molar-refractivity contribution in [1.29, 1.82) is 0 Å². The van der Waals surface area contributed by atoms with Gasteiger partial charge in [0.2, 0.25) is 0 Å². The van der Waals surface area contributed by atoms with Crippen molar-refractivity contribution in [3.63, 3.8) is 0 Å². The monoisotopic (exact) mass is 272 g/mol. The molecule has 0 atom stereocenters. The number of carbonyl (C=O) groups excluding carboxylic acids is 1. The van der Waals surface area contributed by atoms with Crippen LogP contribution in [0.2, 0.25) is 0 Å². The number of benzene rings is 1. The molecule has 2 heterocycles. The summed E-state index contributed by atoms with van der Waals surface area (Å²) in [6, 6.07) is 8.72. The van der Waals surface area contributed by atoms with Gasteiger partial charge in [-0.05, 0) is 43.4 Å². The number of nitrogens with one attached hydrogen (secondary N) is 1. The Labute approximate surface area is 118 Å². The lowest BCUT2D eigenvalue weighted by Crippen LogP contribution is -2.37. The topological polar surface area (TPSA) is 45.3 Å². The summed E-state index contributed by atoms with van der Waals surface area (Å²) in [5.41, 5.74) is 3.76. The molecule has 0 unspecified atom stereocenters. The predicted molar refractivity (Wildman–Crippen MR) is 79.0 cm³/mol. The molecular formula is C16H20N2O2. The third kappa shape index (κ3) is 2.38. The average Bonchev–Trinajstić information content (AvgIpc) is 2.89. The number of piperidine rings is 1. The fraction of sp³-hybridized carbons (Fsp3) is 0.438. The Morgan fingerprint density at radius 3 is 2.75 bits per heavy atom. The molecular weight excluding hydrogens is 252 g/mol. The van der Waals surface area contributed by atoms with E-state index in [1.54, 1.807) is 4.90 Å². The van der Waals surface area contributed by atoms with E-state index in [1.807, 2.05) is 0 Å². The molecule has 4 nitrogen and oxygen atoms in total. The number of rotatable bonds is 1. The molecule has 3 rings (SSSR count). The van der Waals surface area contributed by atoms with Crippen molar-refractivity contribution >= 4 is 17.0 Å². The van der Waals surface area contributed by atoms with Gasteiger partial charge < -0.3 is 14.6 Å². The number of aromatic amines is 1. The molecule has 1 amide bonds. The summed E-state index contributed by atoms with van der Waals surface area (Å²) in [5.74, 6) is 0.503. The van der Waals surface area contributed by atoms with Gasteiger partial charge in [0, 0.05) is 30.2 Å². The number of aryl methyl sites for hydroxylation is 1. The second kappa shape index (κ2) is 5.19. The molecule has 0 saturated carbocycles. The van der Waals surface area contributed by atoms with Crippen molar-refractivity contribution < 1.29 is 9.53 Å². The van der Waals surface area contributed by atoms with E-state index in [0.717, 1.165) is 25.9 Å². The van der Waals surface area contributed by atoms with Crippen LogP contribution >= 0.6 is 0 Å². The molecule has 1 saturated heterocycles. The molecule has 20 heavy (non-hydrogen) atoms. The van der Waals surface area contributed by atoms with Gasteiger partial charge in [-0.1, -0.05) is 11.6 Å². The normalized spacial score (nSPS) is 16.6. The lowest BCUT2D eigenvalue weighted by Gasteiger charge is -2.30. The van der Waals surface area contributed by atoms with Crippen LogP contribution in [0.15, 0.2) is 24.3 Å². The summed E-state index contributed by atoms with van der Waals surface area (Å²) in [6.45, 7) is 3.65. The Kier molecular flexibility index (Phi) is 3.38. The summed E-state index contributed by atoms with van der Waals surface area (Å²) >= 11 is 0. The lowest BCUT2D eigenvalue weighted by molar-refractivity contribution is 0.112. The van der Waals surface area contributed by atoms with E-state index in [9.17, 15) is 4.79 Å². The van der Waals surface area contributed by atoms with Crippen LogP contribution in [-0.2, 0) is 4.74 Å². The number of likely N-dealkylation sites (tertiary alicyclic amines) is 1. The van der Waals surface area contributed by atoms with Crippen molar-refractivity contribution in [3.05, 3.63) is 35.5 Å². The molecule has 1 aromatic carbocycles. The first-order chi connectivity index (χ1) is 9.67. The number of methoxy groups -OCH3 is 1. The second-order valence-electron chi connectivity index (χ2n) is 5.55. The smallest absolute Gasteiger partial charge is 0.409 e. The molecule has 106 valence electrons. The van der Waals surface area contributed by atoms with Crippen LogP contribution in [0.5, 0.6) is 0 Å². The van der Waals surface area contributed by atoms with Gasteiger partial charge in [0.05, 0.1) is 7.11 Å². The number of ether oxygens (including phenoxy) is 1. The predicted octanol–water partition coefficient (Wildman–Crippen LogP) is 3.42. The van der Waals surface area contributed by atoms with Gasteiger partial charge in [0.1, 0.15) is 0 Å². The molecule has 0 aliphatic carbocycles. The molecule has 1 aliphatic heterocycles. The van der Waals surface area contributed by atoms with Crippen molar-refractivity contribution in [1.82, 2.24) is 9.88 Å². The maximum atomic E-state index is 11.5. The summed E-state index contributed by atoms with van der Waals surface area (Å²) in [4.78, 5) is 16.8. The highest BCUT2D eigenvalue weighted by atomic mass is 16.5. The molecule has 2 aromatic rings. The molecule has 1 fully saturated rings. The first kappa shape index (κ1) is 13.0. The largest absolute Gasteiger partial charge is 0.453 e. The lowest BCUT2D eigenvalue weighted by atomic mass is 9.94. The number of hydrogen-bond donors (Lipinski definition) is 1. The Morgan fingerprint density at radius 2 is 2.05 bits per heavy atom. The third-order valence-corrected chi connectivity index (χ3v) is 4.16. The number of aromatic nitrogens is 1. The molecule has 1 aliphatic rings. The molecule has 1 N–H and O–H groups in total. The zero-order valence-corrected chi connectivity index (χ0v) is 12.0. The van der Waals surface area contributed by atoms with Crippen LogP contribution in [0.4, 0.5) is 4.79 Å². The number of nitrogens with zero attached hydrogens (tertiary/aromatic N) is 1. The van der Waals surface area contributed by atoms with Crippen LogP contribution in [0, 0.1) is 6.92 Å². The third-order valence-electron chi connectivity index (χ3n) is 4.16. The number of amides is 1. The van der Waals surface area contributed by atoms with Crippen molar-refractivity contribution in [2.75, 3.05) is 20.2 Å². The van der Waals surface area contributed by atoms with Gasteiger partial charge in [-0.25, -0.2) is 4.79 Å². The summed E-state index contributed by atoms with van der Waals surface area (Å²) < 4.78 is 4.77. The first-order valence-electron chi connectivity index (χ1n) is 7.09. The number of hydrogen-bond acceptors (Lipinski definition) is 2. The molecule has 1 aromatic heterocycles. The molecule has 0 bridgehead atoms. The Balaban J connectivity index is 1.75. The van der Waals surface area contributed by atoms with Gasteiger partial charge in [0.25, 0.3) is 0 Å². The quantitative estimate of drug-likeness (QED) is 0.864. The minimum absolute atomic E-state index is 0.212. The van der Waals surface area contributed by atoms with Gasteiger partial charge in [-0.15, -0.1) is 0 Å². The summed E-state index contributed by atoms with van der Waals surface area (Å²) in [7, 11) is 1.44. The summed E-state index contributed by atoms with van der Waals surface area (Å²) in [6.07, 6.45) is 1.76. The molecule has 4 heteroatoms. The van der Waals surface area contributed by atoms with E-state index in [0.29, 0.717) is 5.92 Å². The van der Waals surface area contributed by atoms with Crippen molar-refractivity contribution in [2.24, 2.45) is 0 Å². The van der Waals surface area contributed by atoms with E-state index >= 15 is 0 Å². The zero-order chi connectivity index (χ0) is 14.1.